The number of aromatic nitrogens is 4. The molecule has 38 heavy (non-hydrogen) atoms. The fourth-order valence-corrected chi connectivity index (χ4v) is 7.56. The van der Waals surface area contributed by atoms with E-state index in [4.69, 9.17) is 31.3 Å². The van der Waals surface area contributed by atoms with Gasteiger partial charge >= 0.3 is 5.97 Å². The van der Waals surface area contributed by atoms with E-state index in [2.05, 4.69) is 33.7 Å². The van der Waals surface area contributed by atoms with E-state index in [1.54, 1.807) is 0 Å². The van der Waals surface area contributed by atoms with Crippen LogP contribution in [0.15, 0.2) is 30.7 Å². The number of ether oxygens (including phenoxy) is 2. The fourth-order valence-electron chi connectivity index (χ4n) is 7.26. The van der Waals surface area contributed by atoms with E-state index in [0.29, 0.717) is 0 Å². The third-order valence-electron chi connectivity index (χ3n) is 9.97. The molecule has 5 fully saturated rings. The summed E-state index contributed by atoms with van der Waals surface area (Å²) in [5.41, 5.74) is 2.87. The molecule has 0 amide bonds. The quantitative estimate of drug-likeness (QED) is 0.454. The maximum Gasteiger partial charge on any atom is 0.311 e. The van der Waals surface area contributed by atoms with Crippen molar-refractivity contribution in [2.24, 2.45) is 5.41 Å². The van der Waals surface area contributed by atoms with Crippen LogP contribution in [0.4, 0.5) is 5.69 Å². The first-order chi connectivity index (χ1) is 18.3. The molecule has 8 rings (SSSR count). The Balaban J connectivity index is 1.13. The maximum absolute atomic E-state index is 12.4. The maximum atomic E-state index is 12.4. The predicted molar refractivity (Wildman–Crippen MR) is 145 cm³/mol. The molecule has 3 aliphatic carbocycles. The van der Waals surface area contributed by atoms with E-state index in [9.17, 15) is 4.79 Å². The highest BCUT2D eigenvalue weighted by Gasteiger charge is 2.54. The van der Waals surface area contributed by atoms with Gasteiger partial charge in [-0.1, -0.05) is 11.6 Å². The minimum absolute atomic E-state index is 0.0345. The highest BCUT2D eigenvalue weighted by molar-refractivity contribution is 6.34. The van der Waals surface area contributed by atoms with Crippen LogP contribution >= 0.6 is 11.6 Å². The molecule has 9 nitrogen and oxygen atoms in total. The number of nitrogens with zero attached hydrogens (tertiary/aromatic N) is 6. The van der Waals surface area contributed by atoms with Gasteiger partial charge < -0.3 is 14.4 Å². The summed E-state index contributed by atoms with van der Waals surface area (Å²) >= 11 is 6.79. The largest absolute Gasteiger partial charge is 0.469 e. The lowest BCUT2D eigenvalue weighted by Gasteiger charge is -2.51. The first-order valence-corrected chi connectivity index (χ1v) is 14.1. The van der Waals surface area contributed by atoms with Crippen molar-refractivity contribution < 1.29 is 14.3 Å². The van der Waals surface area contributed by atoms with Crippen LogP contribution in [0.3, 0.4) is 0 Å². The summed E-state index contributed by atoms with van der Waals surface area (Å²) in [5.74, 6) is -0.0444. The Bertz CT molecular complexity index is 1360. The third-order valence-corrected chi connectivity index (χ3v) is 10.3. The molecule has 3 aromatic rings. The molecule has 5 aliphatic rings. The monoisotopic (exact) mass is 538 g/mol. The highest BCUT2D eigenvalue weighted by atomic mass is 35.5. The van der Waals surface area contributed by atoms with E-state index in [0.717, 1.165) is 105 Å². The summed E-state index contributed by atoms with van der Waals surface area (Å²) in [6, 6.07) is 4.21. The molecule has 4 heterocycles. The molecule has 202 valence electrons. The number of carbonyl (C=O) groups excluding carboxylic acids is 1. The Kier molecular flexibility index (Phi) is 5.59. The van der Waals surface area contributed by atoms with E-state index in [1.807, 2.05) is 23.1 Å². The summed E-state index contributed by atoms with van der Waals surface area (Å²) < 4.78 is 14.7. The highest BCUT2D eigenvalue weighted by Crippen LogP contribution is 2.56. The molecule has 2 aromatic heterocycles. The van der Waals surface area contributed by atoms with Crippen LogP contribution in [0, 0.1) is 5.41 Å². The van der Waals surface area contributed by atoms with Crippen LogP contribution in [0.5, 0.6) is 0 Å². The first kappa shape index (κ1) is 24.4. The number of hydrogen-bond donors (Lipinski definition) is 0. The Labute approximate surface area is 227 Å². The van der Waals surface area contributed by atoms with Gasteiger partial charge in [-0.05, 0) is 57.6 Å². The van der Waals surface area contributed by atoms with Crippen LogP contribution in [0.1, 0.15) is 45.4 Å². The molecule has 3 saturated carbocycles. The average molecular weight is 539 g/mol. The van der Waals surface area contributed by atoms with Crippen molar-refractivity contribution in [1.82, 2.24) is 24.5 Å². The number of esters is 1. The minimum atomic E-state index is -0.296. The van der Waals surface area contributed by atoms with E-state index in [1.165, 1.54) is 7.11 Å². The average Bonchev–Trinajstić information content (AvgIpc) is 3.59. The SMILES string of the molecule is COC(=O)C12CCC(n3cc(-n4ncc5cc(Cl)c(N6CCN(C7(C)COC7)CC6)cc54)cn3)(CC1)CC2. The number of carbonyl (C=O) groups is 1. The predicted octanol–water partition coefficient (Wildman–Crippen LogP) is 4.01. The smallest absolute Gasteiger partial charge is 0.311 e. The number of hydrogen-bond acceptors (Lipinski definition) is 7. The van der Waals surface area contributed by atoms with Crippen LogP contribution < -0.4 is 4.90 Å². The van der Waals surface area contributed by atoms with Crippen molar-refractivity contribution in [2.75, 3.05) is 51.4 Å². The zero-order valence-corrected chi connectivity index (χ0v) is 22.9. The van der Waals surface area contributed by atoms with Crippen LogP contribution in [-0.2, 0) is 19.8 Å². The number of anilines is 1. The molecule has 0 spiro atoms. The Morgan fingerprint density at radius 1 is 1.00 bits per heavy atom. The van der Waals surface area contributed by atoms with Crippen molar-refractivity contribution in [3.05, 3.63) is 35.7 Å². The van der Waals surface area contributed by atoms with Gasteiger partial charge in [0.2, 0.25) is 0 Å². The number of halogens is 1. The molecule has 10 heteroatoms. The minimum Gasteiger partial charge on any atom is -0.469 e. The van der Waals surface area contributed by atoms with Gasteiger partial charge in [0.15, 0.2) is 0 Å². The number of benzene rings is 1. The molecule has 2 bridgehead atoms. The summed E-state index contributed by atoms with van der Waals surface area (Å²) in [6.07, 6.45) is 11.3. The normalized spacial score (nSPS) is 29.0. The molecule has 0 atom stereocenters. The topological polar surface area (TPSA) is 77.7 Å². The lowest BCUT2D eigenvalue weighted by Crippen LogP contribution is -2.64. The molecule has 2 saturated heterocycles. The van der Waals surface area contributed by atoms with E-state index < -0.39 is 0 Å². The third kappa shape index (κ3) is 3.62. The zero-order chi connectivity index (χ0) is 26.1. The second-order valence-corrected chi connectivity index (χ2v) is 12.4. The van der Waals surface area contributed by atoms with Crippen LogP contribution in [0.25, 0.3) is 16.6 Å². The number of methoxy groups -OCH3 is 1. The molecule has 0 radical (unpaired) electrons. The second kappa shape index (κ2) is 8.69. The Morgan fingerprint density at radius 2 is 1.71 bits per heavy atom. The lowest BCUT2D eigenvalue weighted by molar-refractivity contribution is -0.162. The zero-order valence-electron chi connectivity index (χ0n) is 22.2. The standard InChI is InChI=1S/C28H35ClN6O3/c1-26(18-38-19-26)33-11-9-32(10-12-33)24-14-23-20(13-22(24)29)15-31-35(23)21-16-30-34(17-21)28-6-3-27(4-7-28,5-8-28)25(36)37-2/h13-17H,3-12,18-19H2,1-2H3. The van der Waals surface area contributed by atoms with Crippen molar-refractivity contribution in [2.45, 2.75) is 56.5 Å². The lowest BCUT2D eigenvalue weighted by atomic mass is 9.57. The molecule has 2 aliphatic heterocycles. The van der Waals surface area contributed by atoms with Crippen LogP contribution in [0.2, 0.25) is 5.02 Å². The van der Waals surface area contributed by atoms with E-state index >= 15 is 0 Å². The Hall–Kier alpha value is -2.62. The van der Waals surface area contributed by atoms with E-state index in [-0.39, 0.29) is 22.5 Å². The van der Waals surface area contributed by atoms with Gasteiger partial charge in [0.1, 0.15) is 5.69 Å². The van der Waals surface area contributed by atoms with Crippen LogP contribution in [-0.4, -0.2) is 82.5 Å². The van der Waals surface area contributed by atoms with Gasteiger partial charge in [-0.15, -0.1) is 0 Å². The Morgan fingerprint density at radius 3 is 2.34 bits per heavy atom. The molecule has 1 aromatic carbocycles. The number of fused-ring (bicyclic) bond motifs is 4. The summed E-state index contributed by atoms with van der Waals surface area (Å²) in [7, 11) is 1.51. The van der Waals surface area contributed by atoms with Crippen molar-refractivity contribution in [1.29, 1.82) is 0 Å². The van der Waals surface area contributed by atoms with Gasteiger partial charge in [-0.2, -0.15) is 10.2 Å². The molecular weight excluding hydrogens is 504 g/mol. The van der Waals surface area contributed by atoms with Gasteiger partial charge in [0.25, 0.3) is 0 Å². The fraction of sp³-hybridized carbons (Fsp3) is 0.607. The molecule has 0 unspecified atom stereocenters. The van der Waals surface area contributed by atoms with Gasteiger partial charge in [0.05, 0.1) is 71.6 Å². The van der Waals surface area contributed by atoms with Crippen molar-refractivity contribution in [3.8, 4) is 5.69 Å². The summed E-state index contributed by atoms with van der Waals surface area (Å²) in [6.45, 7) is 7.80. The first-order valence-electron chi connectivity index (χ1n) is 13.7. The van der Waals surface area contributed by atoms with Crippen molar-refractivity contribution >= 4 is 34.2 Å². The number of piperazine rings is 1. The summed E-state index contributed by atoms with van der Waals surface area (Å²) in [5, 5.41) is 11.3. The van der Waals surface area contributed by atoms with Gasteiger partial charge in [-0.25, -0.2) is 4.68 Å². The van der Waals surface area contributed by atoms with Gasteiger partial charge in [-0.3, -0.25) is 14.4 Å². The van der Waals surface area contributed by atoms with Crippen molar-refractivity contribution in [3.63, 3.8) is 0 Å². The molecule has 0 N–H and O–H groups in total. The second-order valence-electron chi connectivity index (χ2n) is 12.0. The summed E-state index contributed by atoms with van der Waals surface area (Å²) in [4.78, 5) is 17.4. The van der Waals surface area contributed by atoms with Gasteiger partial charge in [0, 0.05) is 31.6 Å². The number of rotatable bonds is 5. The molecular formula is C28H35ClN6O3.